The fourth-order valence-electron chi connectivity index (χ4n) is 4.64. The summed E-state index contributed by atoms with van der Waals surface area (Å²) in [7, 11) is -2.58. The average molecular weight is 397 g/mol. The highest BCUT2D eigenvalue weighted by molar-refractivity contribution is 6.99. The molecule has 2 aliphatic rings. The number of carbonyl (C=O) groups excluding carboxylic acids is 1. The average Bonchev–Trinajstić information content (AvgIpc) is 3.22. The lowest BCUT2D eigenvalue weighted by molar-refractivity contribution is -0.142. The predicted molar refractivity (Wildman–Crippen MR) is 111 cm³/mol. The van der Waals surface area contributed by atoms with Gasteiger partial charge in [-0.15, -0.1) is 0 Å². The Bertz CT molecular complexity index is 776. The summed E-state index contributed by atoms with van der Waals surface area (Å²) in [5.74, 6) is -0.0144. The number of carbonyl (C=O) groups is 1. The molecule has 0 aromatic heterocycles. The van der Waals surface area contributed by atoms with Gasteiger partial charge in [0.2, 0.25) is 0 Å². The molecule has 28 heavy (non-hydrogen) atoms. The van der Waals surface area contributed by atoms with Crippen molar-refractivity contribution in [2.75, 3.05) is 13.2 Å². The van der Waals surface area contributed by atoms with Gasteiger partial charge >= 0.3 is 5.97 Å². The molecular formula is C23H28O4Si. The van der Waals surface area contributed by atoms with Crippen molar-refractivity contribution >= 4 is 24.7 Å². The Kier molecular flexibility index (Phi) is 5.16. The molecule has 0 aliphatic carbocycles. The summed E-state index contributed by atoms with van der Waals surface area (Å²) in [6.45, 7) is 7.75. The van der Waals surface area contributed by atoms with Crippen molar-refractivity contribution in [3.05, 3.63) is 60.7 Å². The first-order chi connectivity index (χ1) is 13.4. The van der Waals surface area contributed by atoms with E-state index in [2.05, 4.69) is 69.3 Å². The molecule has 0 radical (unpaired) electrons. The summed E-state index contributed by atoms with van der Waals surface area (Å²) in [4.78, 5) is 11.7. The Morgan fingerprint density at radius 1 is 1.00 bits per heavy atom. The van der Waals surface area contributed by atoms with Gasteiger partial charge in [0.15, 0.2) is 0 Å². The zero-order valence-electron chi connectivity index (χ0n) is 16.8. The van der Waals surface area contributed by atoms with Crippen molar-refractivity contribution in [3.8, 4) is 0 Å². The second-order valence-corrected chi connectivity index (χ2v) is 13.0. The second-order valence-electron chi connectivity index (χ2n) is 8.74. The molecule has 4 nitrogen and oxygen atoms in total. The van der Waals surface area contributed by atoms with E-state index in [1.54, 1.807) is 0 Å². The molecule has 0 bridgehead atoms. The smallest absolute Gasteiger partial charge is 0.306 e. The molecule has 0 N–H and O–H groups in total. The molecule has 2 heterocycles. The predicted octanol–water partition coefficient (Wildman–Crippen LogP) is 2.89. The largest absolute Gasteiger partial charge is 0.459 e. The number of hydrogen-bond donors (Lipinski definition) is 0. The molecule has 2 saturated heterocycles. The van der Waals surface area contributed by atoms with E-state index in [-0.39, 0.29) is 29.1 Å². The molecule has 2 aliphatic heterocycles. The first kappa shape index (κ1) is 19.4. The normalized spacial score (nSPS) is 24.8. The van der Waals surface area contributed by atoms with Crippen LogP contribution in [-0.4, -0.2) is 39.7 Å². The molecule has 2 fully saturated rings. The lowest BCUT2D eigenvalue weighted by atomic mass is 9.98. The van der Waals surface area contributed by atoms with E-state index in [0.717, 1.165) is 0 Å². The SMILES string of the molecule is CC(C)(C)[Si](OC[C@H]1OC[C@@H]2OC(=O)C[C@@H]21)(c1ccccc1)c1ccccc1. The maximum Gasteiger partial charge on any atom is 0.306 e. The van der Waals surface area contributed by atoms with Crippen molar-refractivity contribution in [3.63, 3.8) is 0 Å². The van der Waals surface area contributed by atoms with Gasteiger partial charge in [-0.05, 0) is 15.4 Å². The number of hydrogen-bond acceptors (Lipinski definition) is 4. The van der Waals surface area contributed by atoms with Gasteiger partial charge in [0, 0.05) is 5.92 Å². The minimum Gasteiger partial charge on any atom is -0.459 e. The molecule has 5 heteroatoms. The van der Waals surface area contributed by atoms with Gasteiger partial charge in [0.1, 0.15) is 6.10 Å². The Hall–Kier alpha value is -1.95. The van der Waals surface area contributed by atoms with Crippen LogP contribution in [0.15, 0.2) is 60.7 Å². The van der Waals surface area contributed by atoms with Gasteiger partial charge in [0.25, 0.3) is 8.32 Å². The fourth-order valence-corrected chi connectivity index (χ4v) is 9.21. The van der Waals surface area contributed by atoms with Gasteiger partial charge in [-0.1, -0.05) is 81.4 Å². The minimum absolute atomic E-state index is 0.0737. The Morgan fingerprint density at radius 3 is 2.11 bits per heavy atom. The highest BCUT2D eigenvalue weighted by atomic mass is 28.4. The van der Waals surface area contributed by atoms with Crippen molar-refractivity contribution in [1.82, 2.24) is 0 Å². The van der Waals surface area contributed by atoms with Crippen molar-refractivity contribution < 1.29 is 18.7 Å². The molecular weight excluding hydrogens is 368 g/mol. The number of fused-ring (bicyclic) bond motifs is 1. The van der Waals surface area contributed by atoms with Gasteiger partial charge < -0.3 is 13.9 Å². The molecule has 0 amide bonds. The summed E-state index contributed by atoms with van der Waals surface area (Å²) in [5, 5.41) is 2.43. The van der Waals surface area contributed by atoms with E-state index in [1.807, 2.05) is 12.1 Å². The number of esters is 1. The third-order valence-corrected chi connectivity index (χ3v) is 11.0. The van der Waals surface area contributed by atoms with E-state index >= 15 is 0 Å². The van der Waals surface area contributed by atoms with E-state index in [9.17, 15) is 4.79 Å². The van der Waals surface area contributed by atoms with Crippen LogP contribution in [-0.2, 0) is 18.7 Å². The number of rotatable bonds is 5. The molecule has 2 aromatic carbocycles. The van der Waals surface area contributed by atoms with Crippen molar-refractivity contribution in [2.45, 2.75) is 44.4 Å². The monoisotopic (exact) mass is 396 g/mol. The summed E-state index contributed by atoms with van der Waals surface area (Å²) >= 11 is 0. The molecule has 0 unspecified atom stereocenters. The lowest BCUT2D eigenvalue weighted by Crippen LogP contribution is -2.67. The Morgan fingerprint density at radius 2 is 1.57 bits per heavy atom. The van der Waals surface area contributed by atoms with Crippen LogP contribution in [0.3, 0.4) is 0 Å². The van der Waals surface area contributed by atoms with E-state index < -0.39 is 8.32 Å². The first-order valence-corrected chi connectivity index (χ1v) is 11.9. The first-order valence-electron chi connectivity index (χ1n) is 9.98. The van der Waals surface area contributed by atoms with E-state index in [1.165, 1.54) is 10.4 Å². The zero-order valence-corrected chi connectivity index (χ0v) is 17.8. The molecule has 3 atom stereocenters. The van der Waals surface area contributed by atoms with Crippen LogP contribution in [0.2, 0.25) is 5.04 Å². The van der Waals surface area contributed by atoms with Crippen LogP contribution in [0.25, 0.3) is 0 Å². The van der Waals surface area contributed by atoms with Gasteiger partial charge in [-0.2, -0.15) is 0 Å². The zero-order chi connectivity index (χ0) is 19.8. The van der Waals surface area contributed by atoms with E-state index in [0.29, 0.717) is 19.6 Å². The van der Waals surface area contributed by atoms with Crippen LogP contribution in [0, 0.1) is 5.92 Å². The Balaban J connectivity index is 1.70. The van der Waals surface area contributed by atoms with Crippen LogP contribution in [0.4, 0.5) is 0 Å². The molecule has 148 valence electrons. The van der Waals surface area contributed by atoms with Crippen LogP contribution in [0.1, 0.15) is 27.2 Å². The summed E-state index contributed by atoms with van der Waals surface area (Å²) in [6, 6.07) is 21.2. The molecule has 4 rings (SSSR count). The van der Waals surface area contributed by atoms with Crippen molar-refractivity contribution in [2.24, 2.45) is 5.92 Å². The van der Waals surface area contributed by atoms with Crippen molar-refractivity contribution in [1.29, 1.82) is 0 Å². The third kappa shape index (κ3) is 3.32. The van der Waals surface area contributed by atoms with Gasteiger partial charge in [0.05, 0.1) is 25.7 Å². The quantitative estimate of drug-likeness (QED) is 0.576. The second kappa shape index (κ2) is 7.47. The Labute approximate surface area is 167 Å². The minimum atomic E-state index is -2.58. The highest BCUT2D eigenvalue weighted by Crippen LogP contribution is 2.39. The van der Waals surface area contributed by atoms with Crippen LogP contribution < -0.4 is 10.4 Å². The topological polar surface area (TPSA) is 44.8 Å². The maximum absolute atomic E-state index is 11.7. The fraction of sp³-hybridized carbons (Fsp3) is 0.435. The molecule has 0 saturated carbocycles. The van der Waals surface area contributed by atoms with Gasteiger partial charge in [-0.25, -0.2) is 0 Å². The number of ether oxygens (including phenoxy) is 2. The maximum atomic E-state index is 11.7. The standard InChI is InChI=1S/C23H28O4Si/c1-23(2,3)28(17-10-6-4-7-11-17,18-12-8-5-9-13-18)26-16-20-19-14-22(24)27-21(19)15-25-20/h4-13,19-21H,14-16H2,1-3H3/t19-,20-,21+/m1/s1. The summed E-state index contributed by atoms with van der Waals surface area (Å²) in [5.41, 5.74) is 0. The van der Waals surface area contributed by atoms with Crippen LogP contribution >= 0.6 is 0 Å². The lowest BCUT2D eigenvalue weighted by Gasteiger charge is -2.43. The third-order valence-electron chi connectivity index (χ3n) is 6.00. The number of benzene rings is 2. The summed E-state index contributed by atoms with van der Waals surface area (Å²) in [6.07, 6.45) is 0.220. The molecule has 2 aromatic rings. The van der Waals surface area contributed by atoms with Crippen LogP contribution in [0.5, 0.6) is 0 Å². The van der Waals surface area contributed by atoms with Gasteiger partial charge in [-0.3, -0.25) is 4.79 Å². The highest BCUT2D eigenvalue weighted by Gasteiger charge is 2.52. The summed E-state index contributed by atoms with van der Waals surface area (Å²) < 4.78 is 18.3. The molecule has 0 spiro atoms. The van der Waals surface area contributed by atoms with E-state index in [4.69, 9.17) is 13.9 Å².